The number of hydrogen-bond acceptors (Lipinski definition) is 3. The molecule has 0 spiro atoms. The summed E-state index contributed by atoms with van der Waals surface area (Å²) in [6.07, 6.45) is 1.43. The number of carboxylic acid groups (broad SMARTS) is 1. The van der Waals surface area contributed by atoms with Crippen molar-refractivity contribution in [1.82, 2.24) is 0 Å². The lowest BCUT2D eigenvalue weighted by molar-refractivity contribution is -0.136. The Kier molecular flexibility index (Phi) is 4.44. The van der Waals surface area contributed by atoms with Gasteiger partial charge in [-0.05, 0) is 45.2 Å². The van der Waals surface area contributed by atoms with Gasteiger partial charge in [0.1, 0.15) is 0 Å². The average Bonchev–Trinajstić information content (AvgIpc) is 2.56. The molecule has 0 saturated carbocycles. The molecule has 1 aromatic rings. The summed E-state index contributed by atoms with van der Waals surface area (Å²) in [4.78, 5) is 10.6. The van der Waals surface area contributed by atoms with Gasteiger partial charge < -0.3 is 14.4 Å². The molecule has 1 aliphatic rings. The van der Waals surface area contributed by atoms with E-state index in [0.29, 0.717) is 12.7 Å². The van der Waals surface area contributed by atoms with Crippen molar-refractivity contribution in [3.05, 3.63) is 35.4 Å². The Bertz CT molecular complexity index is 492. The molecule has 0 aromatic heterocycles. The first-order valence-electron chi connectivity index (χ1n) is 7.35. The zero-order valence-corrected chi connectivity index (χ0v) is 13.2. The van der Waals surface area contributed by atoms with Crippen LogP contribution < -0.4 is 0 Å². The summed E-state index contributed by atoms with van der Waals surface area (Å²) in [5, 5.41) is 8.68. The Morgan fingerprint density at radius 1 is 1.05 bits per heavy atom. The highest BCUT2D eigenvalue weighted by Crippen LogP contribution is 2.37. The van der Waals surface area contributed by atoms with E-state index in [1.165, 1.54) is 0 Å². The van der Waals surface area contributed by atoms with Crippen LogP contribution in [0.5, 0.6) is 0 Å². The van der Waals surface area contributed by atoms with Gasteiger partial charge in [-0.15, -0.1) is 0 Å². The number of benzene rings is 1. The zero-order chi connectivity index (χ0) is 15.7. The van der Waals surface area contributed by atoms with Gasteiger partial charge in [0.15, 0.2) is 0 Å². The Balaban J connectivity index is 1.94. The fourth-order valence-electron chi connectivity index (χ4n) is 2.33. The topological polar surface area (TPSA) is 55.8 Å². The van der Waals surface area contributed by atoms with E-state index in [4.69, 9.17) is 14.4 Å². The Morgan fingerprint density at radius 3 is 2.00 bits per heavy atom. The molecule has 0 aliphatic carbocycles. The standard InChI is InChI=1S/C16H23BO4/c1-15(2)16(3,4)21-17(20-15)11-13-7-5-12(6-8-13)9-10-14(18)19/h5-8H,9-11H2,1-4H3,(H,18,19). The van der Waals surface area contributed by atoms with Crippen LogP contribution >= 0.6 is 0 Å². The summed E-state index contributed by atoms with van der Waals surface area (Å²) in [5.74, 6) is -0.767. The molecule has 1 N–H and O–H groups in total. The molecule has 1 aliphatic heterocycles. The van der Waals surface area contributed by atoms with Gasteiger partial charge in [0, 0.05) is 12.7 Å². The molecule has 0 atom stereocenters. The van der Waals surface area contributed by atoms with Crippen LogP contribution in [0.1, 0.15) is 45.2 Å². The number of carboxylic acids is 1. The lowest BCUT2D eigenvalue weighted by atomic mass is 9.80. The maximum atomic E-state index is 10.6. The zero-order valence-electron chi connectivity index (χ0n) is 13.2. The summed E-state index contributed by atoms with van der Waals surface area (Å²) < 4.78 is 12.0. The molecule has 1 heterocycles. The van der Waals surface area contributed by atoms with Crippen LogP contribution in [0.15, 0.2) is 24.3 Å². The number of aryl methyl sites for hydroxylation is 1. The van der Waals surface area contributed by atoms with E-state index in [1.54, 1.807) is 0 Å². The molecule has 0 bridgehead atoms. The number of carbonyl (C=O) groups is 1. The number of hydrogen-bond donors (Lipinski definition) is 1. The Labute approximate surface area is 126 Å². The highest BCUT2D eigenvalue weighted by molar-refractivity contribution is 6.45. The predicted octanol–water partition coefficient (Wildman–Crippen LogP) is 2.88. The quantitative estimate of drug-likeness (QED) is 0.847. The first-order valence-corrected chi connectivity index (χ1v) is 7.35. The van der Waals surface area contributed by atoms with Gasteiger partial charge in [-0.25, -0.2) is 0 Å². The fourth-order valence-corrected chi connectivity index (χ4v) is 2.33. The van der Waals surface area contributed by atoms with Gasteiger partial charge in [-0.3, -0.25) is 4.79 Å². The number of rotatable bonds is 5. The van der Waals surface area contributed by atoms with Crippen molar-refractivity contribution >= 4 is 13.1 Å². The predicted molar refractivity (Wildman–Crippen MR) is 82.2 cm³/mol. The third-order valence-corrected chi connectivity index (χ3v) is 4.35. The summed E-state index contributed by atoms with van der Waals surface area (Å²) in [6, 6.07) is 7.98. The summed E-state index contributed by atoms with van der Waals surface area (Å²) in [7, 11) is -0.236. The van der Waals surface area contributed by atoms with Gasteiger partial charge in [0.05, 0.1) is 11.2 Å². The van der Waals surface area contributed by atoms with Crippen molar-refractivity contribution in [2.45, 2.75) is 58.1 Å². The van der Waals surface area contributed by atoms with Crippen molar-refractivity contribution < 1.29 is 19.2 Å². The van der Waals surface area contributed by atoms with Gasteiger partial charge in [-0.2, -0.15) is 0 Å². The van der Waals surface area contributed by atoms with Gasteiger partial charge >= 0.3 is 13.1 Å². The van der Waals surface area contributed by atoms with Crippen LogP contribution in [-0.2, 0) is 26.8 Å². The van der Waals surface area contributed by atoms with Crippen LogP contribution in [0, 0.1) is 0 Å². The third kappa shape index (κ3) is 3.86. The Morgan fingerprint density at radius 2 is 1.52 bits per heavy atom. The van der Waals surface area contributed by atoms with Crippen LogP contribution in [0.25, 0.3) is 0 Å². The van der Waals surface area contributed by atoms with Crippen LogP contribution in [0.2, 0.25) is 0 Å². The minimum atomic E-state index is -0.767. The van der Waals surface area contributed by atoms with Crippen molar-refractivity contribution in [2.24, 2.45) is 0 Å². The highest BCUT2D eigenvalue weighted by Gasteiger charge is 2.50. The second-order valence-corrected chi connectivity index (χ2v) is 6.60. The lowest BCUT2D eigenvalue weighted by Gasteiger charge is -2.32. The van der Waals surface area contributed by atoms with E-state index < -0.39 is 5.97 Å². The second kappa shape index (κ2) is 5.81. The third-order valence-electron chi connectivity index (χ3n) is 4.35. The van der Waals surface area contributed by atoms with Crippen LogP contribution in [-0.4, -0.2) is 29.4 Å². The van der Waals surface area contributed by atoms with E-state index in [-0.39, 0.29) is 24.7 Å². The first kappa shape index (κ1) is 16.1. The summed E-state index contributed by atoms with van der Waals surface area (Å²) >= 11 is 0. The monoisotopic (exact) mass is 290 g/mol. The SMILES string of the molecule is CC1(C)OB(Cc2ccc(CCC(=O)O)cc2)OC1(C)C. The minimum Gasteiger partial charge on any atom is -0.481 e. The van der Waals surface area contributed by atoms with E-state index in [9.17, 15) is 4.79 Å². The molecule has 21 heavy (non-hydrogen) atoms. The molecule has 0 unspecified atom stereocenters. The van der Waals surface area contributed by atoms with Gasteiger partial charge in [0.25, 0.3) is 0 Å². The molecule has 1 fully saturated rings. The van der Waals surface area contributed by atoms with Crippen molar-refractivity contribution in [2.75, 3.05) is 0 Å². The van der Waals surface area contributed by atoms with Crippen molar-refractivity contribution in [1.29, 1.82) is 0 Å². The maximum Gasteiger partial charge on any atom is 0.462 e. The minimum absolute atomic E-state index is 0.163. The molecule has 1 aromatic carbocycles. The first-order chi connectivity index (χ1) is 9.69. The van der Waals surface area contributed by atoms with E-state index >= 15 is 0 Å². The molecule has 1 saturated heterocycles. The molecular formula is C16H23BO4. The van der Waals surface area contributed by atoms with E-state index in [0.717, 1.165) is 11.1 Å². The number of aliphatic carboxylic acids is 1. The lowest BCUT2D eigenvalue weighted by Crippen LogP contribution is -2.41. The summed E-state index contributed by atoms with van der Waals surface area (Å²) in [6.45, 7) is 8.17. The molecular weight excluding hydrogens is 267 g/mol. The smallest absolute Gasteiger partial charge is 0.462 e. The molecule has 4 nitrogen and oxygen atoms in total. The van der Waals surface area contributed by atoms with Crippen molar-refractivity contribution in [3.63, 3.8) is 0 Å². The summed E-state index contributed by atoms with van der Waals surface area (Å²) in [5.41, 5.74) is 1.56. The second-order valence-electron chi connectivity index (χ2n) is 6.60. The fraction of sp³-hybridized carbons (Fsp3) is 0.562. The van der Waals surface area contributed by atoms with Crippen LogP contribution in [0.3, 0.4) is 0 Å². The van der Waals surface area contributed by atoms with E-state index in [2.05, 4.69) is 0 Å². The van der Waals surface area contributed by atoms with Gasteiger partial charge in [0.2, 0.25) is 0 Å². The molecule has 0 radical (unpaired) electrons. The van der Waals surface area contributed by atoms with Crippen molar-refractivity contribution in [3.8, 4) is 0 Å². The molecule has 5 heteroatoms. The highest BCUT2D eigenvalue weighted by atomic mass is 16.7. The maximum absolute atomic E-state index is 10.6. The normalized spacial score (nSPS) is 19.7. The Hall–Kier alpha value is -1.33. The van der Waals surface area contributed by atoms with E-state index in [1.807, 2.05) is 52.0 Å². The average molecular weight is 290 g/mol. The van der Waals surface area contributed by atoms with Crippen LogP contribution in [0.4, 0.5) is 0 Å². The molecule has 0 amide bonds. The van der Waals surface area contributed by atoms with Gasteiger partial charge in [-0.1, -0.05) is 24.3 Å². The largest absolute Gasteiger partial charge is 0.481 e. The molecule has 114 valence electrons. The molecule has 2 rings (SSSR count).